The Labute approximate surface area is 124 Å². The summed E-state index contributed by atoms with van der Waals surface area (Å²) in [7, 11) is 0. The third-order valence-electron chi connectivity index (χ3n) is 3.72. The van der Waals surface area contributed by atoms with Crippen LogP contribution in [0.1, 0.15) is 25.7 Å². The van der Waals surface area contributed by atoms with Gasteiger partial charge in [0.05, 0.1) is 0 Å². The topological polar surface area (TPSA) is 56.9 Å². The third kappa shape index (κ3) is 3.52. The molecule has 3 N–H and O–H groups in total. The Kier molecular flexibility index (Phi) is 5.04. The second kappa shape index (κ2) is 6.77. The van der Waals surface area contributed by atoms with Gasteiger partial charge in [-0.15, -0.1) is 12.4 Å². The number of halogens is 1. The molecule has 0 aliphatic carbocycles. The van der Waals surface area contributed by atoms with Crippen molar-refractivity contribution in [2.24, 2.45) is 0 Å². The number of aromatic nitrogens is 1. The van der Waals surface area contributed by atoms with Crippen LogP contribution in [0.3, 0.4) is 0 Å². The SMILES string of the molecule is Cl.O=C(CCC1CCCN1)Nc1ccc2[nH]ccc2c1. The fraction of sp³-hybridized carbons (Fsp3) is 0.400. The van der Waals surface area contributed by atoms with Crippen LogP contribution in [0.25, 0.3) is 10.9 Å². The molecule has 1 saturated heterocycles. The Morgan fingerprint density at radius 1 is 1.35 bits per heavy atom. The fourth-order valence-corrected chi connectivity index (χ4v) is 2.66. The van der Waals surface area contributed by atoms with Gasteiger partial charge >= 0.3 is 0 Å². The van der Waals surface area contributed by atoms with Crippen LogP contribution < -0.4 is 10.6 Å². The molecule has 2 heterocycles. The molecule has 1 aliphatic heterocycles. The van der Waals surface area contributed by atoms with Crippen molar-refractivity contribution in [2.75, 3.05) is 11.9 Å². The lowest BCUT2D eigenvalue weighted by atomic mass is 10.1. The minimum absolute atomic E-state index is 0. The molecule has 0 spiro atoms. The first-order chi connectivity index (χ1) is 9.31. The molecule has 1 unspecified atom stereocenters. The number of amides is 1. The van der Waals surface area contributed by atoms with Gasteiger partial charge in [-0.2, -0.15) is 0 Å². The van der Waals surface area contributed by atoms with Crippen LogP contribution in [0, 0.1) is 0 Å². The van der Waals surface area contributed by atoms with Crippen LogP contribution in [0.4, 0.5) is 5.69 Å². The zero-order valence-corrected chi connectivity index (χ0v) is 12.1. The monoisotopic (exact) mass is 293 g/mol. The van der Waals surface area contributed by atoms with E-state index in [1.165, 1.54) is 12.8 Å². The quantitative estimate of drug-likeness (QED) is 0.811. The van der Waals surface area contributed by atoms with E-state index < -0.39 is 0 Å². The third-order valence-corrected chi connectivity index (χ3v) is 3.72. The second-order valence-electron chi connectivity index (χ2n) is 5.16. The van der Waals surface area contributed by atoms with Crippen molar-refractivity contribution >= 4 is 34.9 Å². The number of nitrogens with one attached hydrogen (secondary N) is 3. The Hall–Kier alpha value is -1.52. The van der Waals surface area contributed by atoms with Gasteiger partial charge in [-0.3, -0.25) is 4.79 Å². The molecule has 20 heavy (non-hydrogen) atoms. The highest BCUT2D eigenvalue weighted by atomic mass is 35.5. The Morgan fingerprint density at radius 3 is 3.05 bits per heavy atom. The van der Waals surface area contributed by atoms with Crippen molar-refractivity contribution in [3.8, 4) is 0 Å². The molecule has 1 aromatic carbocycles. The van der Waals surface area contributed by atoms with Crippen molar-refractivity contribution in [1.29, 1.82) is 0 Å². The van der Waals surface area contributed by atoms with Crippen LogP contribution >= 0.6 is 12.4 Å². The predicted octanol–water partition coefficient (Wildman–Crippen LogP) is 3.06. The fourth-order valence-electron chi connectivity index (χ4n) is 2.66. The van der Waals surface area contributed by atoms with Gasteiger partial charge in [0.15, 0.2) is 0 Å². The predicted molar refractivity (Wildman–Crippen MR) is 84.4 cm³/mol. The van der Waals surface area contributed by atoms with Crippen molar-refractivity contribution in [3.05, 3.63) is 30.5 Å². The molecule has 5 heteroatoms. The normalized spacial score (nSPS) is 17.9. The van der Waals surface area contributed by atoms with E-state index in [1.807, 2.05) is 30.5 Å². The number of aromatic amines is 1. The minimum atomic E-state index is 0. The first-order valence-electron chi connectivity index (χ1n) is 6.92. The lowest BCUT2D eigenvalue weighted by molar-refractivity contribution is -0.116. The molecule has 1 aromatic heterocycles. The standard InChI is InChI=1S/C15H19N3O.ClH/c19-15(6-4-12-2-1-8-16-12)18-13-3-5-14-11(10-13)7-9-17-14;/h3,5,7,9-10,12,16-17H,1-2,4,6,8H2,(H,18,19);1H. The summed E-state index contributed by atoms with van der Waals surface area (Å²) < 4.78 is 0. The highest BCUT2D eigenvalue weighted by molar-refractivity contribution is 5.93. The van der Waals surface area contributed by atoms with Gasteiger partial charge in [0, 0.05) is 35.2 Å². The number of carbonyl (C=O) groups is 1. The zero-order valence-electron chi connectivity index (χ0n) is 11.3. The number of anilines is 1. The van der Waals surface area contributed by atoms with Gasteiger partial charge in [0.2, 0.25) is 5.91 Å². The van der Waals surface area contributed by atoms with E-state index >= 15 is 0 Å². The number of hydrogen-bond donors (Lipinski definition) is 3. The molecule has 1 amide bonds. The number of hydrogen-bond acceptors (Lipinski definition) is 2. The van der Waals surface area contributed by atoms with Crippen molar-refractivity contribution in [2.45, 2.75) is 31.7 Å². The maximum absolute atomic E-state index is 11.9. The van der Waals surface area contributed by atoms with Crippen LogP contribution in [0.2, 0.25) is 0 Å². The molecule has 1 aliphatic rings. The van der Waals surface area contributed by atoms with Gasteiger partial charge in [0.1, 0.15) is 0 Å². The highest BCUT2D eigenvalue weighted by Crippen LogP contribution is 2.18. The molecular formula is C15H20ClN3O. The summed E-state index contributed by atoms with van der Waals surface area (Å²) in [5.74, 6) is 0.101. The van der Waals surface area contributed by atoms with E-state index in [1.54, 1.807) is 0 Å². The van der Waals surface area contributed by atoms with Gasteiger partial charge in [0.25, 0.3) is 0 Å². The molecule has 2 aromatic rings. The smallest absolute Gasteiger partial charge is 0.224 e. The van der Waals surface area contributed by atoms with Crippen molar-refractivity contribution < 1.29 is 4.79 Å². The van der Waals surface area contributed by atoms with Gasteiger partial charge < -0.3 is 15.6 Å². The number of rotatable bonds is 4. The van der Waals surface area contributed by atoms with Crippen LogP contribution in [-0.2, 0) is 4.79 Å². The number of fused-ring (bicyclic) bond motifs is 1. The summed E-state index contributed by atoms with van der Waals surface area (Å²) in [6.45, 7) is 1.09. The first kappa shape index (κ1) is 14.9. The summed E-state index contributed by atoms with van der Waals surface area (Å²) in [4.78, 5) is 15.0. The largest absolute Gasteiger partial charge is 0.361 e. The average Bonchev–Trinajstić information content (AvgIpc) is 3.07. The molecule has 1 fully saturated rings. The summed E-state index contributed by atoms with van der Waals surface area (Å²) in [6, 6.07) is 8.46. The second-order valence-corrected chi connectivity index (χ2v) is 5.16. The highest BCUT2D eigenvalue weighted by Gasteiger charge is 2.15. The molecule has 3 rings (SSSR count). The average molecular weight is 294 g/mol. The van der Waals surface area contributed by atoms with Crippen molar-refractivity contribution in [1.82, 2.24) is 10.3 Å². The van der Waals surface area contributed by atoms with Gasteiger partial charge in [-0.1, -0.05) is 0 Å². The van der Waals surface area contributed by atoms with E-state index in [9.17, 15) is 4.79 Å². The molecule has 108 valence electrons. The Morgan fingerprint density at radius 2 is 2.25 bits per heavy atom. The van der Waals surface area contributed by atoms with E-state index in [-0.39, 0.29) is 18.3 Å². The summed E-state index contributed by atoms with van der Waals surface area (Å²) in [6.07, 6.45) is 5.85. The van der Waals surface area contributed by atoms with Gasteiger partial charge in [-0.05, 0) is 50.1 Å². The van der Waals surface area contributed by atoms with E-state index in [0.29, 0.717) is 12.5 Å². The maximum Gasteiger partial charge on any atom is 0.224 e. The molecule has 0 saturated carbocycles. The molecule has 4 nitrogen and oxygen atoms in total. The molecule has 0 bridgehead atoms. The maximum atomic E-state index is 11.9. The van der Waals surface area contributed by atoms with Crippen LogP contribution in [-0.4, -0.2) is 23.5 Å². The number of benzene rings is 1. The molecular weight excluding hydrogens is 274 g/mol. The van der Waals surface area contributed by atoms with Crippen LogP contribution in [0.5, 0.6) is 0 Å². The molecule has 0 radical (unpaired) electrons. The Bertz CT molecular complexity index is 575. The van der Waals surface area contributed by atoms with Gasteiger partial charge in [-0.25, -0.2) is 0 Å². The van der Waals surface area contributed by atoms with E-state index in [0.717, 1.165) is 29.6 Å². The lowest BCUT2D eigenvalue weighted by Crippen LogP contribution is -2.23. The Balaban J connectivity index is 0.00000147. The van der Waals surface area contributed by atoms with E-state index in [4.69, 9.17) is 0 Å². The summed E-state index contributed by atoms with van der Waals surface area (Å²) in [5, 5.41) is 7.50. The van der Waals surface area contributed by atoms with E-state index in [2.05, 4.69) is 15.6 Å². The zero-order chi connectivity index (χ0) is 13.1. The molecule has 1 atom stereocenters. The summed E-state index contributed by atoms with van der Waals surface area (Å²) >= 11 is 0. The number of H-pyrrole nitrogens is 1. The van der Waals surface area contributed by atoms with Crippen molar-refractivity contribution in [3.63, 3.8) is 0 Å². The lowest BCUT2D eigenvalue weighted by Gasteiger charge is -2.10. The van der Waals surface area contributed by atoms with Crippen LogP contribution in [0.15, 0.2) is 30.5 Å². The number of carbonyl (C=O) groups excluding carboxylic acids is 1. The minimum Gasteiger partial charge on any atom is -0.361 e. The first-order valence-corrected chi connectivity index (χ1v) is 6.92. The summed E-state index contributed by atoms with van der Waals surface area (Å²) in [5.41, 5.74) is 1.96.